The van der Waals surface area contributed by atoms with Gasteiger partial charge in [-0.05, 0) is 36.4 Å². The first kappa shape index (κ1) is 21.8. The molecule has 0 atom stereocenters. The molecule has 3 rings (SSSR count). The van der Waals surface area contributed by atoms with Crippen LogP contribution in [0.1, 0.15) is 20.9 Å². The van der Waals surface area contributed by atoms with Gasteiger partial charge in [0.15, 0.2) is 12.4 Å². The molecule has 0 aliphatic carbocycles. The second-order valence-corrected chi connectivity index (χ2v) is 6.36. The number of hydrogen-bond donors (Lipinski definition) is 3. The Labute approximate surface area is 173 Å². The second kappa shape index (κ2) is 8.86. The fourth-order valence-electron chi connectivity index (χ4n) is 2.62. The Morgan fingerprint density at radius 2 is 1.77 bits per heavy atom. The maximum absolute atomic E-state index is 12.3. The average Bonchev–Trinajstić information content (AvgIpc) is 3.12. The Bertz CT molecular complexity index is 1110. The Kier molecular flexibility index (Phi) is 6.23. The highest BCUT2D eigenvalue weighted by atomic mass is 19.4. The molecule has 0 radical (unpaired) electrons. The lowest BCUT2D eigenvalue weighted by Gasteiger charge is -2.08. The zero-order valence-corrected chi connectivity index (χ0v) is 15.9. The number of phenols is 1. The number of rotatable bonds is 8. The van der Waals surface area contributed by atoms with Gasteiger partial charge in [0.2, 0.25) is 0 Å². The van der Waals surface area contributed by atoms with E-state index in [0.717, 1.165) is 0 Å². The number of nitrogens with two attached hydrogens (primary N) is 1. The van der Waals surface area contributed by atoms with Crippen molar-refractivity contribution in [3.05, 3.63) is 53.8 Å². The quantitative estimate of drug-likeness (QED) is 0.465. The van der Waals surface area contributed by atoms with Crippen LogP contribution in [0, 0.1) is 0 Å². The number of carbonyl (C=O) groups excluding carboxylic acids is 2. The number of alkyl halides is 3. The molecule has 31 heavy (non-hydrogen) atoms. The zero-order chi connectivity index (χ0) is 22.6. The maximum Gasteiger partial charge on any atom is 0.422 e. The highest BCUT2D eigenvalue weighted by Gasteiger charge is 2.28. The summed E-state index contributed by atoms with van der Waals surface area (Å²) in [5.74, 6) is -1.42. The van der Waals surface area contributed by atoms with E-state index in [1.54, 1.807) is 0 Å². The van der Waals surface area contributed by atoms with Gasteiger partial charge in [0.1, 0.15) is 29.4 Å². The van der Waals surface area contributed by atoms with Crippen LogP contribution >= 0.6 is 0 Å². The van der Waals surface area contributed by atoms with Crippen molar-refractivity contribution < 1.29 is 41.8 Å². The van der Waals surface area contributed by atoms with Crippen LogP contribution in [0.25, 0.3) is 11.0 Å². The van der Waals surface area contributed by atoms with E-state index >= 15 is 0 Å². The Morgan fingerprint density at radius 3 is 2.45 bits per heavy atom. The molecule has 164 valence electrons. The van der Waals surface area contributed by atoms with Crippen LogP contribution in [0.5, 0.6) is 17.2 Å². The number of benzene rings is 2. The molecule has 4 N–H and O–H groups in total. The summed E-state index contributed by atoms with van der Waals surface area (Å²) in [7, 11) is 0. The van der Waals surface area contributed by atoms with E-state index < -0.39 is 24.6 Å². The van der Waals surface area contributed by atoms with E-state index in [1.165, 1.54) is 42.5 Å². The minimum absolute atomic E-state index is 0.00316. The number of carbonyl (C=O) groups is 2. The summed E-state index contributed by atoms with van der Waals surface area (Å²) in [6.07, 6.45) is -4.46. The van der Waals surface area contributed by atoms with E-state index in [0.29, 0.717) is 11.0 Å². The van der Waals surface area contributed by atoms with E-state index in [4.69, 9.17) is 14.9 Å². The third-order valence-electron chi connectivity index (χ3n) is 4.01. The second-order valence-electron chi connectivity index (χ2n) is 6.36. The average molecular weight is 438 g/mol. The van der Waals surface area contributed by atoms with Crippen molar-refractivity contribution in [1.82, 2.24) is 5.32 Å². The summed E-state index contributed by atoms with van der Waals surface area (Å²) in [5, 5.41) is 12.7. The predicted octanol–water partition coefficient (Wildman–Crippen LogP) is 2.99. The smallest absolute Gasteiger partial charge is 0.422 e. The summed E-state index contributed by atoms with van der Waals surface area (Å²) in [6.45, 7) is -1.28. The highest BCUT2D eigenvalue weighted by Crippen LogP contribution is 2.26. The van der Waals surface area contributed by atoms with Crippen LogP contribution in [0.2, 0.25) is 0 Å². The molecular formula is C20H17F3N2O6. The summed E-state index contributed by atoms with van der Waals surface area (Å²) < 4.78 is 52.2. The van der Waals surface area contributed by atoms with Gasteiger partial charge in [0.05, 0.1) is 12.1 Å². The van der Waals surface area contributed by atoms with Gasteiger partial charge in [-0.3, -0.25) is 9.59 Å². The molecule has 3 aromatic rings. The fraction of sp³-hybridized carbons (Fsp3) is 0.200. The molecule has 11 heteroatoms. The molecule has 1 heterocycles. The molecular weight excluding hydrogens is 421 g/mol. The lowest BCUT2D eigenvalue weighted by molar-refractivity contribution is -0.153. The zero-order valence-electron chi connectivity index (χ0n) is 15.9. The van der Waals surface area contributed by atoms with Crippen LogP contribution in [0.15, 0.2) is 46.9 Å². The van der Waals surface area contributed by atoms with Crippen LogP contribution in [-0.2, 0) is 0 Å². The van der Waals surface area contributed by atoms with Crippen molar-refractivity contribution in [3.8, 4) is 17.2 Å². The number of furan rings is 1. The van der Waals surface area contributed by atoms with E-state index in [2.05, 4.69) is 10.1 Å². The normalized spacial score (nSPS) is 11.3. The predicted molar refractivity (Wildman–Crippen MR) is 102 cm³/mol. The molecule has 0 saturated carbocycles. The topological polar surface area (TPSA) is 124 Å². The first-order valence-corrected chi connectivity index (χ1v) is 8.89. The number of nitrogens with one attached hydrogen (secondary N) is 1. The number of primary amides is 1. The third kappa shape index (κ3) is 5.81. The van der Waals surface area contributed by atoms with Crippen molar-refractivity contribution in [3.63, 3.8) is 0 Å². The van der Waals surface area contributed by atoms with Gasteiger partial charge in [0, 0.05) is 11.5 Å². The van der Waals surface area contributed by atoms with E-state index in [1.807, 2.05) is 0 Å². The first-order valence-electron chi connectivity index (χ1n) is 8.89. The van der Waals surface area contributed by atoms with Gasteiger partial charge in [-0.2, -0.15) is 13.2 Å². The van der Waals surface area contributed by atoms with Crippen molar-refractivity contribution in [1.29, 1.82) is 0 Å². The fourth-order valence-corrected chi connectivity index (χ4v) is 2.62. The molecule has 0 aliphatic rings. The molecule has 0 fully saturated rings. The Morgan fingerprint density at radius 1 is 1.06 bits per heavy atom. The summed E-state index contributed by atoms with van der Waals surface area (Å²) in [5.41, 5.74) is 5.36. The van der Waals surface area contributed by atoms with Crippen molar-refractivity contribution >= 4 is 22.8 Å². The molecule has 0 aliphatic heterocycles. The summed E-state index contributed by atoms with van der Waals surface area (Å²) in [4.78, 5) is 23.3. The number of ether oxygens (including phenoxy) is 2. The number of halogens is 3. The SMILES string of the molecule is NC(=O)c1ccc(OCCNC(=O)c2cc3cc(OCC(F)(F)F)ccc3o2)cc1O. The molecule has 2 aromatic carbocycles. The van der Waals surface area contributed by atoms with Gasteiger partial charge >= 0.3 is 6.18 Å². The van der Waals surface area contributed by atoms with Crippen molar-refractivity contribution in [2.45, 2.75) is 6.18 Å². The molecule has 0 spiro atoms. The Balaban J connectivity index is 1.53. The Hall–Kier alpha value is -3.89. The number of hydrogen-bond acceptors (Lipinski definition) is 6. The summed E-state index contributed by atoms with van der Waals surface area (Å²) >= 11 is 0. The minimum atomic E-state index is -4.46. The third-order valence-corrected chi connectivity index (χ3v) is 4.01. The molecule has 0 saturated heterocycles. The van der Waals surface area contributed by atoms with Gasteiger partial charge in [-0.25, -0.2) is 0 Å². The van der Waals surface area contributed by atoms with Crippen LogP contribution in [-0.4, -0.2) is 42.9 Å². The number of fused-ring (bicyclic) bond motifs is 1. The first-order chi connectivity index (χ1) is 14.6. The monoisotopic (exact) mass is 438 g/mol. The molecule has 1 aromatic heterocycles. The molecule has 8 nitrogen and oxygen atoms in total. The van der Waals surface area contributed by atoms with Gasteiger partial charge in [-0.1, -0.05) is 0 Å². The largest absolute Gasteiger partial charge is 0.507 e. The van der Waals surface area contributed by atoms with Crippen molar-refractivity contribution in [2.24, 2.45) is 5.73 Å². The van der Waals surface area contributed by atoms with Crippen LogP contribution in [0.4, 0.5) is 13.2 Å². The maximum atomic E-state index is 12.3. The number of amides is 2. The lowest BCUT2D eigenvalue weighted by atomic mass is 10.2. The number of aromatic hydroxyl groups is 1. The van der Waals surface area contributed by atoms with Crippen molar-refractivity contribution in [2.75, 3.05) is 19.8 Å². The van der Waals surface area contributed by atoms with E-state index in [9.17, 15) is 27.9 Å². The van der Waals surface area contributed by atoms with Crippen LogP contribution < -0.4 is 20.5 Å². The van der Waals surface area contributed by atoms with Crippen LogP contribution in [0.3, 0.4) is 0 Å². The summed E-state index contributed by atoms with van der Waals surface area (Å²) in [6, 6.07) is 9.42. The van der Waals surface area contributed by atoms with Gasteiger partial charge in [-0.15, -0.1) is 0 Å². The lowest BCUT2D eigenvalue weighted by Crippen LogP contribution is -2.27. The van der Waals surface area contributed by atoms with E-state index in [-0.39, 0.29) is 41.7 Å². The molecule has 2 amide bonds. The highest BCUT2D eigenvalue weighted by molar-refractivity contribution is 5.96. The molecule has 0 unspecified atom stereocenters. The standard InChI is InChI=1S/C20H17F3N2O6/c21-20(22,23)10-30-12-2-4-16-11(7-12)8-17(31-16)19(28)25-5-6-29-13-1-3-14(18(24)27)15(26)9-13/h1-4,7-9,26H,5-6,10H2,(H2,24,27)(H,25,28). The molecule has 0 bridgehead atoms. The van der Waals surface area contributed by atoms with Gasteiger partial charge in [0.25, 0.3) is 11.8 Å². The van der Waals surface area contributed by atoms with Gasteiger partial charge < -0.3 is 30.0 Å². The minimum Gasteiger partial charge on any atom is -0.507 e.